The van der Waals surface area contributed by atoms with Crippen molar-refractivity contribution in [2.24, 2.45) is 0 Å². The third-order valence-corrected chi connectivity index (χ3v) is 8.51. The van der Waals surface area contributed by atoms with Crippen LogP contribution >= 0.6 is 11.3 Å². The van der Waals surface area contributed by atoms with Crippen LogP contribution in [0.4, 0.5) is 5.69 Å². The summed E-state index contributed by atoms with van der Waals surface area (Å²) in [5, 5.41) is 10.5. The quantitative estimate of drug-likeness (QED) is 0.398. The van der Waals surface area contributed by atoms with Crippen molar-refractivity contribution in [1.29, 1.82) is 0 Å². The Kier molecular flexibility index (Phi) is 7.78. The molecule has 1 N–H and O–H groups in total. The van der Waals surface area contributed by atoms with Gasteiger partial charge in [0.05, 0.1) is 5.69 Å². The van der Waals surface area contributed by atoms with Gasteiger partial charge in [0, 0.05) is 23.7 Å². The minimum atomic E-state index is -3.87. The minimum Gasteiger partial charge on any atom is -0.487 e. The molecule has 0 saturated heterocycles. The number of anilines is 1. The summed E-state index contributed by atoms with van der Waals surface area (Å²) >= 11 is 1.08. The second-order valence-corrected chi connectivity index (χ2v) is 11.1. The normalized spacial score (nSPS) is 11.8. The van der Waals surface area contributed by atoms with Gasteiger partial charge in [-0.05, 0) is 80.6 Å². The number of hydrogen-bond acceptors (Lipinski definition) is 6. The van der Waals surface area contributed by atoms with Crippen LogP contribution < -0.4 is 9.04 Å². The fourth-order valence-corrected chi connectivity index (χ4v) is 6.05. The first-order valence-corrected chi connectivity index (χ1v) is 13.0. The molecule has 0 aliphatic rings. The maximum atomic E-state index is 13.4. The lowest BCUT2D eigenvalue weighted by atomic mass is 10.0. The van der Waals surface area contributed by atoms with Gasteiger partial charge in [0.2, 0.25) is 4.34 Å². The largest absolute Gasteiger partial charge is 0.487 e. The third kappa shape index (κ3) is 5.66. The van der Waals surface area contributed by atoms with E-state index in [1.165, 1.54) is 16.6 Å². The lowest BCUT2D eigenvalue weighted by Crippen LogP contribution is -2.37. The van der Waals surface area contributed by atoms with E-state index < -0.39 is 16.0 Å². The summed E-state index contributed by atoms with van der Waals surface area (Å²) in [5.74, 6) is -0.541. The second kappa shape index (κ2) is 10.4. The molecule has 7 nitrogen and oxygen atoms in total. The fourth-order valence-electron chi connectivity index (χ4n) is 3.48. The number of ether oxygens (including phenoxy) is 1. The molecule has 0 radical (unpaired) electrons. The summed E-state index contributed by atoms with van der Waals surface area (Å²) in [6.07, 6.45) is 4.10. The van der Waals surface area contributed by atoms with Crippen LogP contribution in [-0.4, -0.2) is 30.5 Å². The molecule has 0 amide bonds. The van der Waals surface area contributed by atoms with Crippen molar-refractivity contribution in [2.45, 2.75) is 51.6 Å². The molecule has 9 heteroatoms. The second-order valence-electron chi connectivity index (χ2n) is 8.24. The Bertz CT molecular complexity index is 1310. The number of nitrogens with zero attached hydrogens (tertiary/aromatic N) is 2. The van der Waals surface area contributed by atoms with Crippen LogP contribution in [-0.2, 0) is 21.4 Å². The van der Waals surface area contributed by atoms with Crippen LogP contribution in [0.5, 0.6) is 5.75 Å². The van der Waals surface area contributed by atoms with E-state index in [-0.39, 0.29) is 17.0 Å². The molecule has 180 valence electrons. The number of benzene rings is 2. The number of hydrogen-bond donors (Lipinski definition) is 1. The van der Waals surface area contributed by atoms with Crippen molar-refractivity contribution in [2.75, 3.05) is 4.31 Å². The van der Waals surface area contributed by atoms with E-state index in [0.717, 1.165) is 45.2 Å². The van der Waals surface area contributed by atoms with E-state index in [2.05, 4.69) is 4.98 Å². The van der Waals surface area contributed by atoms with Gasteiger partial charge in [-0.25, -0.2) is 9.78 Å². The number of carbonyl (C=O) groups is 1. The van der Waals surface area contributed by atoms with E-state index in [9.17, 15) is 13.2 Å². The van der Waals surface area contributed by atoms with E-state index in [4.69, 9.17) is 9.84 Å². The fraction of sp³-hybridized carbons (Fsp3) is 0.280. The zero-order valence-corrected chi connectivity index (χ0v) is 21.4. The van der Waals surface area contributed by atoms with Gasteiger partial charge in [-0.15, -0.1) is 11.3 Å². The zero-order valence-electron chi connectivity index (χ0n) is 19.8. The topological polar surface area (TPSA) is 96.8 Å². The van der Waals surface area contributed by atoms with E-state index in [0.29, 0.717) is 11.4 Å². The molecule has 0 bridgehead atoms. The smallest absolute Gasteiger partial charge is 0.328 e. The molecule has 34 heavy (non-hydrogen) atoms. The molecule has 1 heterocycles. The number of aliphatic carboxylic acids is 1. The Morgan fingerprint density at radius 1 is 1.15 bits per heavy atom. The van der Waals surface area contributed by atoms with Crippen molar-refractivity contribution in [1.82, 2.24) is 4.98 Å². The highest BCUT2D eigenvalue weighted by Crippen LogP contribution is 2.37. The monoisotopic (exact) mass is 500 g/mol. The molecule has 0 spiro atoms. The van der Waals surface area contributed by atoms with Crippen molar-refractivity contribution in [3.8, 4) is 5.75 Å². The van der Waals surface area contributed by atoms with Crippen molar-refractivity contribution in [3.63, 3.8) is 0 Å². The molecular weight excluding hydrogens is 472 g/mol. The maximum absolute atomic E-state index is 13.4. The van der Waals surface area contributed by atoms with Gasteiger partial charge in [-0.3, -0.25) is 4.31 Å². The lowest BCUT2D eigenvalue weighted by Gasteiger charge is -2.29. The summed E-state index contributed by atoms with van der Waals surface area (Å²) in [4.78, 5) is 14.8. The predicted octanol–water partition coefficient (Wildman–Crippen LogP) is 5.35. The number of aromatic nitrogens is 1. The van der Waals surface area contributed by atoms with Crippen molar-refractivity contribution in [3.05, 3.63) is 75.8 Å². The van der Waals surface area contributed by atoms with Gasteiger partial charge >= 0.3 is 5.97 Å². The molecular formula is C25H28N2O5S2. The first-order valence-electron chi connectivity index (χ1n) is 10.7. The summed E-state index contributed by atoms with van der Waals surface area (Å²) in [7, 11) is -3.87. The first kappa shape index (κ1) is 25.5. The average molecular weight is 501 g/mol. The highest BCUT2D eigenvalue weighted by molar-refractivity contribution is 7.94. The van der Waals surface area contributed by atoms with Crippen LogP contribution in [0.2, 0.25) is 0 Å². The van der Waals surface area contributed by atoms with Gasteiger partial charge in [-0.1, -0.05) is 18.2 Å². The number of sulfonamides is 1. The van der Waals surface area contributed by atoms with E-state index >= 15 is 0 Å². The Balaban J connectivity index is 1.97. The molecule has 2 aromatic carbocycles. The Morgan fingerprint density at radius 3 is 2.44 bits per heavy atom. The summed E-state index contributed by atoms with van der Waals surface area (Å²) in [6, 6.07) is 8.91. The minimum absolute atomic E-state index is 0.0335. The zero-order chi connectivity index (χ0) is 25.0. The van der Waals surface area contributed by atoms with Crippen LogP contribution in [0.25, 0.3) is 6.08 Å². The van der Waals surface area contributed by atoms with Crippen LogP contribution in [0.3, 0.4) is 0 Å². The van der Waals surface area contributed by atoms with E-state index in [1.807, 2.05) is 65.0 Å². The number of thiazole rings is 1. The van der Waals surface area contributed by atoms with Crippen molar-refractivity contribution >= 4 is 39.1 Å². The standard InChI is InChI=1S/C25H28N2O5S2/c1-16(2)27(34(30,31)25-26-10-11-33-25)22-13-17(3)18(4)14-23(22)32-15-21-8-6-20(12-19(21)5)7-9-24(28)29/h6-14,16H,15H2,1-5H3,(H,28,29)/b9-7+. The van der Waals surface area contributed by atoms with Gasteiger partial charge in [0.25, 0.3) is 10.0 Å². The number of carboxylic acids is 1. The van der Waals surface area contributed by atoms with Gasteiger partial charge in [-0.2, -0.15) is 8.42 Å². The van der Waals surface area contributed by atoms with Crippen LogP contribution in [0, 0.1) is 20.8 Å². The van der Waals surface area contributed by atoms with Gasteiger partial charge in [0.1, 0.15) is 12.4 Å². The molecule has 0 unspecified atom stereocenters. The number of rotatable bonds is 9. The molecule has 1 aromatic heterocycles. The van der Waals surface area contributed by atoms with Crippen molar-refractivity contribution < 1.29 is 23.1 Å². The molecule has 0 atom stereocenters. The lowest BCUT2D eigenvalue weighted by molar-refractivity contribution is -0.131. The number of carboxylic acid groups (broad SMARTS) is 1. The molecule has 0 aliphatic heterocycles. The molecule has 3 rings (SSSR count). The average Bonchev–Trinajstić information content (AvgIpc) is 3.30. The molecule has 3 aromatic rings. The SMILES string of the molecule is Cc1cc(OCc2ccc(/C=C/C(=O)O)cc2C)c(N(C(C)C)S(=O)(=O)c2nccs2)cc1C. The maximum Gasteiger partial charge on any atom is 0.328 e. The molecule has 0 fully saturated rings. The summed E-state index contributed by atoms with van der Waals surface area (Å²) < 4.78 is 34.4. The highest BCUT2D eigenvalue weighted by Gasteiger charge is 2.32. The van der Waals surface area contributed by atoms with Crippen LogP contribution in [0.1, 0.15) is 41.7 Å². The Morgan fingerprint density at radius 2 is 1.85 bits per heavy atom. The Labute approximate surface area is 204 Å². The predicted molar refractivity (Wildman–Crippen MR) is 135 cm³/mol. The summed E-state index contributed by atoms with van der Waals surface area (Å²) in [5.41, 5.74) is 5.03. The van der Waals surface area contributed by atoms with E-state index in [1.54, 1.807) is 5.38 Å². The highest BCUT2D eigenvalue weighted by atomic mass is 32.2. The third-order valence-electron chi connectivity index (χ3n) is 5.34. The van der Waals surface area contributed by atoms with Gasteiger partial charge in [0.15, 0.2) is 0 Å². The molecule has 0 saturated carbocycles. The Hall–Kier alpha value is -3.17. The first-order chi connectivity index (χ1) is 16.0. The number of aryl methyl sites for hydroxylation is 3. The van der Waals surface area contributed by atoms with Gasteiger partial charge < -0.3 is 9.84 Å². The summed E-state index contributed by atoms with van der Waals surface area (Å²) in [6.45, 7) is 9.68. The van der Waals surface area contributed by atoms with Crippen LogP contribution in [0.15, 0.2) is 52.3 Å². The molecule has 0 aliphatic carbocycles.